The van der Waals surface area contributed by atoms with Crippen molar-refractivity contribution >= 4 is 44.0 Å². The number of anilines is 1. The largest absolute Gasteiger partial charge is 0.481 e. The summed E-state index contributed by atoms with van der Waals surface area (Å²) in [5, 5.41) is 16.8. The van der Waals surface area contributed by atoms with Crippen LogP contribution in [-0.2, 0) is 14.6 Å². The van der Waals surface area contributed by atoms with Crippen molar-refractivity contribution in [3.05, 3.63) is 0 Å². The number of hydrogen-bond donors (Lipinski definition) is 1. The zero-order valence-electron chi connectivity index (χ0n) is 9.86. The van der Waals surface area contributed by atoms with Gasteiger partial charge in [0.2, 0.25) is 5.13 Å². The van der Waals surface area contributed by atoms with Crippen LogP contribution in [0.5, 0.6) is 0 Å². The number of carbonyl (C=O) groups is 1. The predicted molar refractivity (Wildman–Crippen MR) is 71.2 cm³/mol. The zero-order chi connectivity index (χ0) is 13.8. The maximum Gasteiger partial charge on any atom is 0.313 e. The second-order valence-corrected chi connectivity index (χ2v) is 8.02. The molecule has 0 spiro atoms. The van der Waals surface area contributed by atoms with Crippen LogP contribution in [-0.4, -0.2) is 61.0 Å². The molecule has 0 atom stereocenters. The van der Waals surface area contributed by atoms with Crippen molar-refractivity contribution in [1.82, 2.24) is 10.2 Å². The van der Waals surface area contributed by atoms with Gasteiger partial charge < -0.3 is 10.0 Å². The molecule has 1 aromatic heterocycles. The van der Waals surface area contributed by atoms with Crippen LogP contribution in [0, 0.1) is 0 Å². The lowest BCUT2D eigenvalue weighted by molar-refractivity contribution is -0.133. The normalized spacial score (nSPS) is 11.4. The molecule has 7 nitrogen and oxygen atoms in total. The smallest absolute Gasteiger partial charge is 0.313 e. The molecule has 18 heavy (non-hydrogen) atoms. The average Bonchev–Trinajstić information content (AvgIpc) is 2.70. The highest BCUT2D eigenvalue weighted by atomic mass is 32.2. The van der Waals surface area contributed by atoms with Crippen molar-refractivity contribution in [2.45, 2.75) is 4.34 Å². The Kier molecular flexibility index (Phi) is 5.35. The van der Waals surface area contributed by atoms with Crippen LogP contribution in [0.3, 0.4) is 0 Å². The Hall–Kier alpha value is -0.870. The average molecular weight is 311 g/mol. The van der Waals surface area contributed by atoms with E-state index in [0.717, 1.165) is 11.8 Å². The second kappa shape index (κ2) is 6.34. The molecule has 0 radical (unpaired) electrons. The van der Waals surface area contributed by atoms with Crippen LogP contribution >= 0.6 is 23.1 Å². The molecule has 0 saturated heterocycles. The number of thioether (sulfide) groups is 1. The fraction of sp³-hybridized carbons (Fsp3) is 0.625. The van der Waals surface area contributed by atoms with E-state index in [1.807, 2.05) is 0 Å². The van der Waals surface area contributed by atoms with Crippen LogP contribution in [0.1, 0.15) is 0 Å². The second-order valence-electron chi connectivity index (χ2n) is 3.58. The number of nitrogens with zero attached hydrogens (tertiary/aromatic N) is 3. The third-order valence-electron chi connectivity index (χ3n) is 1.84. The van der Waals surface area contributed by atoms with Crippen LogP contribution in [0.4, 0.5) is 5.13 Å². The topological polar surface area (TPSA) is 100 Å². The Labute approximate surface area is 113 Å². The summed E-state index contributed by atoms with van der Waals surface area (Å²) in [6.07, 6.45) is 1.18. The van der Waals surface area contributed by atoms with Gasteiger partial charge in [0, 0.05) is 19.8 Å². The SMILES string of the molecule is CN(CCS(C)(=O)=O)c1nnc(SCC(=O)O)s1. The Morgan fingerprint density at radius 2 is 2.17 bits per heavy atom. The Balaban J connectivity index is 2.54. The van der Waals surface area contributed by atoms with Crippen molar-refractivity contribution < 1.29 is 18.3 Å². The summed E-state index contributed by atoms with van der Waals surface area (Å²) in [4.78, 5) is 12.1. The molecule has 0 unspecified atom stereocenters. The number of aromatic nitrogens is 2. The quantitative estimate of drug-likeness (QED) is 0.713. The van der Waals surface area contributed by atoms with E-state index >= 15 is 0 Å². The van der Waals surface area contributed by atoms with Gasteiger partial charge in [0.15, 0.2) is 4.34 Å². The van der Waals surface area contributed by atoms with Crippen molar-refractivity contribution in [2.75, 3.05) is 36.3 Å². The van der Waals surface area contributed by atoms with E-state index in [4.69, 9.17) is 5.11 Å². The highest BCUT2D eigenvalue weighted by molar-refractivity contribution is 8.01. The van der Waals surface area contributed by atoms with Gasteiger partial charge in [0.1, 0.15) is 9.84 Å². The molecule has 0 saturated carbocycles. The first-order valence-electron chi connectivity index (χ1n) is 4.85. The molecule has 102 valence electrons. The predicted octanol–water partition coefficient (Wildman–Crippen LogP) is 0.196. The molecule has 1 aromatic rings. The minimum atomic E-state index is -3.01. The number of carboxylic acid groups (broad SMARTS) is 1. The summed E-state index contributed by atoms with van der Waals surface area (Å²) in [7, 11) is -1.29. The molecular weight excluding hydrogens is 298 g/mol. The van der Waals surface area contributed by atoms with Gasteiger partial charge in [-0.05, 0) is 0 Å². The maximum absolute atomic E-state index is 11.0. The van der Waals surface area contributed by atoms with E-state index in [1.54, 1.807) is 11.9 Å². The molecule has 1 rings (SSSR count). The van der Waals surface area contributed by atoms with E-state index in [1.165, 1.54) is 17.6 Å². The number of carboxylic acids is 1. The van der Waals surface area contributed by atoms with Crippen LogP contribution in [0.25, 0.3) is 0 Å². The fourth-order valence-corrected chi connectivity index (χ4v) is 3.09. The number of aliphatic carboxylic acids is 1. The molecule has 0 bridgehead atoms. The van der Waals surface area contributed by atoms with Gasteiger partial charge in [0.05, 0.1) is 11.5 Å². The van der Waals surface area contributed by atoms with Gasteiger partial charge in [-0.2, -0.15) is 0 Å². The number of hydrogen-bond acceptors (Lipinski definition) is 8. The molecule has 1 N–H and O–H groups in total. The first kappa shape index (κ1) is 15.2. The first-order chi connectivity index (χ1) is 8.28. The highest BCUT2D eigenvalue weighted by Crippen LogP contribution is 2.27. The lowest BCUT2D eigenvalue weighted by atomic mass is 10.7. The van der Waals surface area contributed by atoms with Crippen LogP contribution < -0.4 is 4.90 Å². The Morgan fingerprint density at radius 1 is 1.50 bits per heavy atom. The third-order valence-corrected chi connectivity index (χ3v) is 4.92. The van der Waals surface area contributed by atoms with E-state index < -0.39 is 15.8 Å². The number of rotatable bonds is 7. The van der Waals surface area contributed by atoms with Gasteiger partial charge in [-0.25, -0.2) is 8.42 Å². The molecule has 1 heterocycles. The summed E-state index contributed by atoms with van der Waals surface area (Å²) in [6, 6.07) is 0. The monoisotopic (exact) mass is 311 g/mol. The fourth-order valence-electron chi connectivity index (χ4n) is 0.937. The first-order valence-corrected chi connectivity index (χ1v) is 8.71. The maximum atomic E-state index is 11.0. The summed E-state index contributed by atoms with van der Waals surface area (Å²) in [5.74, 6) is -0.940. The summed E-state index contributed by atoms with van der Waals surface area (Å²) in [5.41, 5.74) is 0. The zero-order valence-corrected chi connectivity index (χ0v) is 12.3. The van der Waals surface area contributed by atoms with E-state index in [2.05, 4.69) is 10.2 Å². The van der Waals surface area contributed by atoms with Crippen molar-refractivity contribution in [2.24, 2.45) is 0 Å². The van der Waals surface area contributed by atoms with Gasteiger partial charge >= 0.3 is 5.97 Å². The molecule has 0 aliphatic carbocycles. The molecule has 0 aliphatic heterocycles. The standard InChI is InChI=1S/C8H13N3O4S3/c1-11(3-4-18(2,14)15)7-9-10-8(17-7)16-5-6(12)13/h3-5H2,1-2H3,(H,12,13). The summed E-state index contributed by atoms with van der Waals surface area (Å²) >= 11 is 2.33. The van der Waals surface area contributed by atoms with Gasteiger partial charge in [-0.15, -0.1) is 10.2 Å². The van der Waals surface area contributed by atoms with E-state index in [0.29, 0.717) is 16.0 Å². The lowest BCUT2D eigenvalue weighted by Crippen LogP contribution is -2.24. The van der Waals surface area contributed by atoms with Crippen LogP contribution in [0.2, 0.25) is 0 Å². The molecule has 10 heteroatoms. The minimum Gasteiger partial charge on any atom is -0.481 e. The molecule has 0 fully saturated rings. The van der Waals surface area contributed by atoms with Crippen molar-refractivity contribution in [1.29, 1.82) is 0 Å². The van der Waals surface area contributed by atoms with E-state index in [9.17, 15) is 13.2 Å². The summed E-state index contributed by atoms with van der Waals surface area (Å²) < 4.78 is 22.6. The highest BCUT2D eigenvalue weighted by Gasteiger charge is 2.12. The third kappa shape index (κ3) is 5.65. The molecule has 0 aliphatic rings. The van der Waals surface area contributed by atoms with Gasteiger partial charge in [-0.3, -0.25) is 4.79 Å². The van der Waals surface area contributed by atoms with Crippen molar-refractivity contribution in [3.63, 3.8) is 0 Å². The summed E-state index contributed by atoms with van der Waals surface area (Å²) in [6.45, 7) is 0.330. The minimum absolute atomic E-state index is 0.0423. The van der Waals surface area contributed by atoms with Crippen molar-refractivity contribution in [3.8, 4) is 0 Å². The molecular formula is C8H13N3O4S3. The van der Waals surface area contributed by atoms with Crippen LogP contribution in [0.15, 0.2) is 4.34 Å². The molecule has 0 amide bonds. The van der Waals surface area contributed by atoms with Gasteiger partial charge in [-0.1, -0.05) is 23.1 Å². The Bertz CT molecular complexity index is 513. The Morgan fingerprint density at radius 3 is 2.72 bits per heavy atom. The molecule has 0 aromatic carbocycles. The number of sulfone groups is 1. The van der Waals surface area contributed by atoms with Gasteiger partial charge in [0.25, 0.3) is 0 Å². The van der Waals surface area contributed by atoms with E-state index in [-0.39, 0.29) is 11.5 Å². The lowest BCUT2D eigenvalue weighted by Gasteiger charge is -2.13.